The largest absolute Gasteiger partial charge is 0.349 e. The molecular weight excluding hydrogens is 326 g/mol. The topological polar surface area (TPSA) is 81.8 Å². The first-order valence-corrected chi connectivity index (χ1v) is 8.36. The number of hydrogen-bond acceptors (Lipinski definition) is 5. The third-order valence-corrected chi connectivity index (χ3v) is 4.30. The van der Waals surface area contributed by atoms with Crippen LogP contribution in [-0.4, -0.2) is 32.0 Å². The van der Waals surface area contributed by atoms with Crippen molar-refractivity contribution in [3.8, 4) is 5.82 Å². The fourth-order valence-corrected chi connectivity index (χ4v) is 2.98. The number of rotatable bonds is 5. The molecule has 1 amide bonds. The molecule has 0 radical (unpaired) electrons. The van der Waals surface area contributed by atoms with Gasteiger partial charge in [0.25, 0.3) is 11.5 Å². The van der Waals surface area contributed by atoms with Gasteiger partial charge in [0.15, 0.2) is 5.82 Å². The van der Waals surface area contributed by atoms with Gasteiger partial charge in [-0.2, -0.15) is 5.10 Å². The highest BCUT2D eigenvalue weighted by atomic mass is 32.1. The van der Waals surface area contributed by atoms with Crippen molar-refractivity contribution < 1.29 is 4.79 Å². The first kappa shape index (κ1) is 16.1. The third kappa shape index (κ3) is 3.43. The van der Waals surface area contributed by atoms with Crippen LogP contribution < -0.4 is 10.9 Å². The molecule has 8 heteroatoms. The molecule has 0 aromatic carbocycles. The Kier molecular flexibility index (Phi) is 4.57. The molecule has 3 aromatic rings. The zero-order chi connectivity index (χ0) is 17.1. The van der Waals surface area contributed by atoms with E-state index in [1.807, 2.05) is 31.4 Å². The van der Waals surface area contributed by atoms with Crippen LogP contribution in [0.4, 0.5) is 0 Å². The van der Waals surface area contributed by atoms with Gasteiger partial charge in [-0.25, -0.2) is 9.36 Å². The minimum Gasteiger partial charge on any atom is -0.349 e. The van der Waals surface area contributed by atoms with Gasteiger partial charge >= 0.3 is 0 Å². The van der Waals surface area contributed by atoms with E-state index in [-0.39, 0.29) is 11.5 Å². The van der Waals surface area contributed by atoms with Crippen LogP contribution in [0.1, 0.15) is 21.1 Å². The summed E-state index contributed by atoms with van der Waals surface area (Å²) < 4.78 is 3.02. The summed E-state index contributed by atoms with van der Waals surface area (Å²) in [7, 11) is 0. The van der Waals surface area contributed by atoms with Crippen LogP contribution in [0.25, 0.3) is 5.82 Å². The van der Waals surface area contributed by atoms with Crippen molar-refractivity contribution in [3.63, 3.8) is 0 Å². The number of carbonyl (C=O) groups excluding carboxylic acids is 1. The Bertz CT molecular complexity index is 911. The quantitative estimate of drug-likeness (QED) is 0.762. The molecule has 0 unspecified atom stereocenters. The summed E-state index contributed by atoms with van der Waals surface area (Å²) in [5.74, 6) is 0.428. The number of nitrogens with one attached hydrogen (secondary N) is 1. The number of nitrogens with zero attached hydrogens (tertiary/aromatic N) is 4. The van der Waals surface area contributed by atoms with E-state index in [2.05, 4.69) is 15.5 Å². The Morgan fingerprint density at radius 2 is 2.08 bits per heavy atom. The maximum Gasteiger partial charge on any atom is 0.266 e. The second-order valence-corrected chi connectivity index (χ2v) is 6.27. The van der Waals surface area contributed by atoms with Crippen molar-refractivity contribution in [3.05, 3.63) is 62.3 Å². The monoisotopic (exact) mass is 343 g/mol. The van der Waals surface area contributed by atoms with E-state index in [0.717, 1.165) is 11.4 Å². The average molecular weight is 343 g/mol. The number of aromatic nitrogens is 4. The normalized spacial score (nSPS) is 10.8. The first-order chi connectivity index (χ1) is 11.5. The van der Waals surface area contributed by atoms with Gasteiger partial charge in [-0.15, -0.1) is 16.4 Å². The average Bonchev–Trinajstić information content (AvgIpc) is 3.19. The number of thiophene rings is 1. The van der Waals surface area contributed by atoms with Gasteiger partial charge in [0, 0.05) is 18.3 Å². The number of aryl methyl sites for hydroxylation is 2. The van der Waals surface area contributed by atoms with Crippen LogP contribution in [0.5, 0.6) is 0 Å². The van der Waals surface area contributed by atoms with Crippen LogP contribution in [0.2, 0.25) is 0 Å². The van der Waals surface area contributed by atoms with Crippen molar-refractivity contribution in [1.29, 1.82) is 0 Å². The molecule has 1 N–H and O–H groups in total. The molecule has 0 fully saturated rings. The lowest BCUT2D eigenvalue weighted by Crippen LogP contribution is -2.32. The van der Waals surface area contributed by atoms with E-state index in [4.69, 9.17) is 0 Å². The van der Waals surface area contributed by atoms with E-state index in [1.54, 1.807) is 16.8 Å². The highest BCUT2D eigenvalue weighted by Crippen LogP contribution is 2.08. The summed E-state index contributed by atoms with van der Waals surface area (Å²) in [6.07, 6.45) is 0. The zero-order valence-corrected chi connectivity index (χ0v) is 14.2. The predicted molar refractivity (Wildman–Crippen MR) is 91.7 cm³/mol. The third-order valence-electron chi connectivity index (χ3n) is 3.43. The SMILES string of the molecule is Cc1cc(C)n(-c2ccc(=O)n(CCNC(=O)c3cccs3)n2)n1. The van der Waals surface area contributed by atoms with Gasteiger partial charge in [-0.1, -0.05) is 6.07 Å². The van der Waals surface area contributed by atoms with Gasteiger partial charge in [0.1, 0.15) is 0 Å². The standard InChI is InChI=1S/C16H17N5O2S/c1-11-10-12(2)21(18-11)14-5-6-15(22)20(19-14)8-7-17-16(23)13-4-3-9-24-13/h3-6,9-10H,7-8H2,1-2H3,(H,17,23). The maximum atomic E-state index is 12.0. The fraction of sp³-hybridized carbons (Fsp3) is 0.250. The molecule has 0 saturated heterocycles. The van der Waals surface area contributed by atoms with E-state index >= 15 is 0 Å². The zero-order valence-electron chi connectivity index (χ0n) is 13.4. The van der Waals surface area contributed by atoms with Crippen LogP contribution in [0.3, 0.4) is 0 Å². The van der Waals surface area contributed by atoms with E-state index in [9.17, 15) is 9.59 Å². The predicted octanol–water partition coefficient (Wildman–Crippen LogP) is 1.54. The Hall–Kier alpha value is -2.74. The molecule has 0 saturated carbocycles. The van der Waals surface area contributed by atoms with Gasteiger partial charge in [-0.05, 0) is 37.4 Å². The Labute approximate surface area is 142 Å². The minimum atomic E-state index is -0.217. The molecule has 3 heterocycles. The van der Waals surface area contributed by atoms with E-state index in [0.29, 0.717) is 23.8 Å². The molecule has 0 atom stereocenters. The Balaban J connectivity index is 1.72. The summed E-state index contributed by atoms with van der Waals surface area (Å²) in [4.78, 5) is 24.5. The molecular formula is C16H17N5O2S. The molecule has 0 aliphatic heterocycles. The van der Waals surface area contributed by atoms with Crippen LogP contribution in [0, 0.1) is 13.8 Å². The molecule has 0 aliphatic carbocycles. The minimum absolute atomic E-state index is 0.146. The lowest BCUT2D eigenvalue weighted by molar-refractivity contribution is 0.0956. The Morgan fingerprint density at radius 1 is 1.25 bits per heavy atom. The number of amides is 1. The van der Waals surface area contributed by atoms with Gasteiger partial charge in [0.2, 0.25) is 0 Å². The summed E-state index contributed by atoms with van der Waals surface area (Å²) in [6.45, 7) is 4.45. The van der Waals surface area contributed by atoms with Crippen molar-refractivity contribution >= 4 is 17.2 Å². The molecule has 3 aromatic heterocycles. The van der Waals surface area contributed by atoms with Crippen LogP contribution in [0.15, 0.2) is 40.5 Å². The second kappa shape index (κ2) is 6.79. The van der Waals surface area contributed by atoms with E-state index < -0.39 is 0 Å². The van der Waals surface area contributed by atoms with E-state index in [1.165, 1.54) is 22.1 Å². The van der Waals surface area contributed by atoms with Crippen molar-refractivity contribution in [1.82, 2.24) is 24.9 Å². The van der Waals surface area contributed by atoms with Gasteiger partial charge in [-0.3, -0.25) is 9.59 Å². The first-order valence-electron chi connectivity index (χ1n) is 7.48. The summed E-state index contributed by atoms with van der Waals surface area (Å²) >= 11 is 1.38. The molecule has 7 nitrogen and oxygen atoms in total. The second-order valence-electron chi connectivity index (χ2n) is 5.33. The molecule has 0 bridgehead atoms. The number of hydrogen-bond donors (Lipinski definition) is 1. The van der Waals surface area contributed by atoms with Gasteiger partial charge < -0.3 is 5.32 Å². The fourth-order valence-electron chi connectivity index (χ4n) is 2.34. The van der Waals surface area contributed by atoms with Crippen molar-refractivity contribution in [2.75, 3.05) is 6.54 Å². The highest BCUT2D eigenvalue weighted by molar-refractivity contribution is 7.12. The van der Waals surface area contributed by atoms with Crippen molar-refractivity contribution in [2.24, 2.45) is 0 Å². The summed E-state index contributed by atoms with van der Waals surface area (Å²) in [5, 5.41) is 13.3. The molecule has 24 heavy (non-hydrogen) atoms. The number of carbonyl (C=O) groups is 1. The molecule has 124 valence electrons. The summed E-state index contributed by atoms with van der Waals surface area (Å²) in [5.41, 5.74) is 1.61. The molecule has 3 rings (SSSR count). The summed E-state index contributed by atoms with van der Waals surface area (Å²) in [6, 6.07) is 8.62. The van der Waals surface area contributed by atoms with Crippen LogP contribution in [-0.2, 0) is 6.54 Å². The molecule has 0 spiro atoms. The highest BCUT2D eigenvalue weighted by Gasteiger charge is 2.09. The smallest absolute Gasteiger partial charge is 0.266 e. The Morgan fingerprint density at radius 3 is 2.75 bits per heavy atom. The van der Waals surface area contributed by atoms with Crippen molar-refractivity contribution in [2.45, 2.75) is 20.4 Å². The lowest BCUT2D eigenvalue weighted by Gasteiger charge is -2.09. The maximum absolute atomic E-state index is 12.0. The molecule has 0 aliphatic rings. The lowest BCUT2D eigenvalue weighted by atomic mass is 10.4. The van der Waals surface area contributed by atoms with Crippen LogP contribution >= 0.6 is 11.3 Å². The van der Waals surface area contributed by atoms with Gasteiger partial charge in [0.05, 0.1) is 17.1 Å².